The zero-order valence-electron chi connectivity index (χ0n) is 22.1. The van der Waals surface area contributed by atoms with Crippen molar-refractivity contribution in [2.24, 2.45) is 23.7 Å². The van der Waals surface area contributed by atoms with Gasteiger partial charge in [0.05, 0.1) is 22.5 Å². The highest BCUT2D eigenvalue weighted by Gasteiger charge is 2.46. The monoisotopic (exact) mass is 559 g/mol. The van der Waals surface area contributed by atoms with Gasteiger partial charge in [-0.15, -0.1) is 0 Å². The van der Waals surface area contributed by atoms with E-state index in [0.29, 0.717) is 28.7 Å². The number of hydrogen-bond acceptors (Lipinski definition) is 5. The van der Waals surface area contributed by atoms with Crippen LogP contribution >= 0.6 is 12.8 Å². The van der Waals surface area contributed by atoms with Crippen LogP contribution in [0.1, 0.15) is 44.1 Å². The third kappa shape index (κ3) is 5.81. The SMILES string of the molecule is CNC(=O)C1=C(c2ccc(F)cc2)OC2=CC(N(C)S)C([C@@H]3CCCN(S(=O)CC4CC=CCC4)C3)CC21. The number of likely N-dealkylation sites (N-methyl/N-ethyl adjacent to an activating group) is 2. The Hall–Kier alpha value is -1.94. The molecule has 206 valence electrons. The molecule has 6 atom stereocenters. The van der Waals surface area contributed by atoms with Crippen LogP contribution in [0.5, 0.6) is 0 Å². The second-order valence-electron chi connectivity index (χ2n) is 10.9. The highest BCUT2D eigenvalue weighted by atomic mass is 32.2. The van der Waals surface area contributed by atoms with Crippen LogP contribution in [0.3, 0.4) is 0 Å². The van der Waals surface area contributed by atoms with E-state index in [9.17, 15) is 13.4 Å². The fourth-order valence-electron chi connectivity index (χ4n) is 6.52. The van der Waals surface area contributed by atoms with Gasteiger partial charge in [-0.1, -0.05) is 25.0 Å². The van der Waals surface area contributed by atoms with E-state index in [-0.39, 0.29) is 29.6 Å². The standard InChI is InChI=1S/C29H38FN3O3S2/c1-31-29(34)27-24-15-23(21-9-6-14-33(17-21)38(35)18-19-7-4-3-5-8-19)25(32(2)37)16-26(24)36-28(27)20-10-12-22(30)13-11-20/h3-4,10-13,16,19,21,23-25,37H,5-9,14-15,17-18H2,1-2H3,(H,31,34)/t19?,21-,23?,24?,25?,38?/m1/s1. The van der Waals surface area contributed by atoms with Crippen molar-refractivity contribution >= 4 is 35.5 Å². The lowest BCUT2D eigenvalue weighted by atomic mass is 9.71. The normalized spacial score (nSPS) is 30.6. The van der Waals surface area contributed by atoms with Gasteiger partial charge in [-0.2, -0.15) is 0 Å². The fraction of sp³-hybridized carbons (Fsp3) is 0.552. The molecule has 0 aromatic heterocycles. The number of allylic oxidation sites excluding steroid dienone is 3. The molecule has 0 saturated carbocycles. The lowest BCUT2D eigenvalue weighted by Crippen LogP contribution is -2.47. The molecular weight excluding hydrogens is 521 g/mol. The van der Waals surface area contributed by atoms with E-state index in [1.54, 1.807) is 19.2 Å². The van der Waals surface area contributed by atoms with Gasteiger partial charge in [0.1, 0.15) is 17.3 Å². The molecular formula is C29H38FN3O3S2. The minimum Gasteiger partial charge on any atom is -0.460 e. The first-order chi connectivity index (χ1) is 18.4. The van der Waals surface area contributed by atoms with Crippen LogP contribution in [0, 0.1) is 29.5 Å². The molecule has 1 aromatic rings. The third-order valence-electron chi connectivity index (χ3n) is 8.52. The van der Waals surface area contributed by atoms with Crippen LogP contribution in [0.4, 0.5) is 4.39 Å². The van der Waals surface area contributed by atoms with Crippen LogP contribution < -0.4 is 5.32 Å². The molecule has 0 bridgehead atoms. The predicted molar refractivity (Wildman–Crippen MR) is 152 cm³/mol. The van der Waals surface area contributed by atoms with Gasteiger partial charge in [0.25, 0.3) is 5.91 Å². The fourth-order valence-corrected chi connectivity index (χ4v) is 8.37. The summed E-state index contributed by atoms with van der Waals surface area (Å²) in [6.07, 6.45) is 12.6. The predicted octanol–water partition coefficient (Wildman–Crippen LogP) is 4.71. The molecule has 0 spiro atoms. The van der Waals surface area contributed by atoms with Gasteiger partial charge >= 0.3 is 0 Å². The number of thiol groups is 1. The van der Waals surface area contributed by atoms with Crippen LogP contribution in [0.15, 0.2) is 53.8 Å². The second kappa shape index (κ2) is 12.1. The molecule has 2 aliphatic heterocycles. The summed E-state index contributed by atoms with van der Waals surface area (Å²) in [6, 6.07) is 6.10. The topological polar surface area (TPSA) is 61.9 Å². The molecule has 4 aliphatic rings. The molecule has 1 saturated heterocycles. The second-order valence-corrected chi connectivity index (χ2v) is 13.1. The molecule has 2 aliphatic carbocycles. The largest absolute Gasteiger partial charge is 0.460 e. The molecule has 1 aromatic carbocycles. The first-order valence-electron chi connectivity index (χ1n) is 13.7. The third-order valence-corrected chi connectivity index (χ3v) is 10.4. The van der Waals surface area contributed by atoms with Crippen LogP contribution in [-0.4, -0.2) is 57.7 Å². The van der Waals surface area contributed by atoms with Crippen molar-refractivity contribution in [2.75, 3.05) is 32.9 Å². The summed E-state index contributed by atoms with van der Waals surface area (Å²) >= 11 is 4.70. The van der Waals surface area contributed by atoms with E-state index in [1.807, 2.05) is 11.4 Å². The van der Waals surface area contributed by atoms with Crippen molar-refractivity contribution in [3.05, 3.63) is 65.2 Å². The Kier molecular flexibility index (Phi) is 8.77. The molecule has 1 amide bonds. The summed E-state index contributed by atoms with van der Waals surface area (Å²) in [6.45, 7) is 1.66. The first kappa shape index (κ1) is 27.6. The van der Waals surface area contributed by atoms with E-state index in [0.717, 1.165) is 63.1 Å². The minimum absolute atomic E-state index is 0.0185. The minimum atomic E-state index is -0.982. The first-order valence-corrected chi connectivity index (χ1v) is 15.3. The van der Waals surface area contributed by atoms with Crippen LogP contribution in [-0.2, 0) is 20.5 Å². The maximum atomic E-state index is 13.6. The van der Waals surface area contributed by atoms with Gasteiger partial charge in [-0.05, 0) is 93.7 Å². The van der Waals surface area contributed by atoms with Crippen molar-refractivity contribution in [3.8, 4) is 0 Å². The molecule has 2 heterocycles. The van der Waals surface area contributed by atoms with Crippen LogP contribution in [0.25, 0.3) is 5.76 Å². The number of nitrogens with zero attached hydrogens (tertiary/aromatic N) is 2. The number of benzene rings is 1. The average molecular weight is 560 g/mol. The lowest BCUT2D eigenvalue weighted by molar-refractivity contribution is -0.117. The summed E-state index contributed by atoms with van der Waals surface area (Å²) in [4.78, 5) is 13.1. The van der Waals surface area contributed by atoms with Gasteiger partial charge in [0.2, 0.25) is 0 Å². The number of amides is 1. The summed E-state index contributed by atoms with van der Waals surface area (Å²) in [5, 5.41) is 2.78. The quantitative estimate of drug-likeness (QED) is 0.375. The van der Waals surface area contributed by atoms with E-state index in [4.69, 9.17) is 17.6 Å². The molecule has 1 N–H and O–H groups in total. The van der Waals surface area contributed by atoms with Crippen molar-refractivity contribution in [3.63, 3.8) is 0 Å². The lowest BCUT2D eigenvalue weighted by Gasteiger charge is -2.43. The number of nitrogens with one attached hydrogen (secondary N) is 1. The van der Waals surface area contributed by atoms with Crippen molar-refractivity contribution < 1.29 is 18.1 Å². The Labute approximate surface area is 233 Å². The number of halogens is 1. The molecule has 9 heteroatoms. The van der Waals surface area contributed by atoms with E-state index in [1.165, 1.54) is 12.1 Å². The van der Waals surface area contributed by atoms with E-state index in [2.05, 4.69) is 27.9 Å². The average Bonchev–Trinajstić information content (AvgIpc) is 3.31. The Morgan fingerprint density at radius 3 is 2.74 bits per heavy atom. The summed E-state index contributed by atoms with van der Waals surface area (Å²) in [5.41, 5.74) is 1.28. The summed E-state index contributed by atoms with van der Waals surface area (Å²) in [5.74, 6) is 2.35. The van der Waals surface area contributed by atoms with Gasteiger partial charge < -0.3 is 10.1 Å². The Bertz CT molecular complexity index is 1150. The molecule has 38 heavy (non-hydrogen) atoms. The van der Waals surface area contributed by atoms with E-state index >= 15 is 0 Å². The smallest absolute Gasteiger partial charge is 0.251 e. The number of fused-ring (bicyclic) bond motifs is 1. The Morgan fingerprint density at radius 1 is 1.26 bits per heavy atom. The molecule has 1 fully saturated rings. The number of carbonyl (C=O) groups excluding carboxylic acids is 1. The number of hydrogen-bond donors (Lipinski definition) is 2. The zero-order valence-corrected chi connectivity index (χ0v) is 23.9. The van der Waals surface area contributed by atoms with Crippen LogP contribution in [0.2, 0.25) is 0 Å². The Morgan fingerprint density at radius 2 is 2.05 bits per heavy atom. The maximum absolute atomic E-state index is 13.6. The zero-order chi connectivity index (χ0) is 26.8. The number of piperidine rings is 1. The van der Waals surface area contributed by atoms with Crippen molar-refractivity contribution in [1.82, 2.24) is 13.9 Å². The highest BCUT2D eigenvalue weighted by Crippen LogP contribution is 2.49. The number of ether oxygens (including phenoxy) is 1. The maximum Gasteiger partial charge on any atom is 0.251 e. The van der Waals surface area contributed by atoms with Gasteiger partial charge in [0.15, 0.2) is 0 Å². The number of carbonyl (C=O) groups is 1. The van der Waals surface area contributed by atoms with E-state index < -0.39 is 11.0 Å². The van der Waals surface area contributed by atoms with Crippen molar-refractivity contribution in [2.45, 2.75) is 44.6 Å². The highest BCUT2D eigenvalue weighted by molar-refractivity contribution is 7.82. The van der Waals surface area contributed by atoms with Gasteiger partial charge in [-0.3, -0.25) is 4.79 Å². The Balaban J connectivity index is 1.39. The molecule has 5 rings (SSSR count). The summed E-state index contributed by atoms with van der Waals surface area (Å²) in [7, 11) is 2.60. The molecule has 0 radical (unpaired) electrons. The van der Waals surface area contributed by atoms with Gasteiger partial charge in [-0.25, -0.2) is 17.2 Å². The van der Waals surface area contributed by atoms with Gasteiger partial charge in [0, 0.05) is 37.5 Å². The molecule has 5 unspecified atom stereocenters. The summed E-state index contributed by atoms with van der Waals surface area (Å²) < 4.78 is 37.4. The number of rotatable bonds is 7. The molecule has 6 nitrogen and oxygen atoms in total. The van der Waals surface area contributed by atoms with Crippen molar-refractivity contribution in [1.29, 1.82) is 0 Å².